The van der Waals surface area contributed by atoms with E-state index in [9.17, 15) is 4.79 Å². The Labute approximate surface area is 523 Å². The van der Waals surface area contributed by atoms with Crippen molar-refractivity contribution in [2.45, 2.75) is 313 Å². The Morgan fingerprint density at radius 3 is 1.04 bits per heavy atom. The molecule has 81 heavy (non-hydrogen) atoms. The molecule has 2 fully saturated rings. The number of carbonyl (C=O) groups is 1. The number of carbonyl (C=O) groups excluding carboxylic acids is 1. The lowest BCUT2D eigenvalue weighted by molar-refractivity contribution is -0.445. The van der Waals surface area contributed by atoms with Crippen LogP contribution in [0.15, 0.2) is 84.9 Å². The Kier molecular flexibility index (Phi) is 257. The summed E-state index contributed by atoms with van der Waals surface area (Å²) in [6, 6.07) is 29.9. The van der Waals surface area contributed by atoms with Gasteiger partial charge < -0.3 is 20.0 Å². The summed E-state index contributed by atoms with van der Waals surface area (Å²) < 4.78 is 0. The number of nitrogens with one attached hydrogen (secondary N) is 1. The van der Waals surface area contributed by atoms with E-state index in [2.05, 4.69) is 76.6 Å². The molecule has 3 aromatic rings. The van der Waals surface area contributed by atoms with Gasteiger partial charge >= 0.3 is 0 Å². The zero-order valence-corrected chi connectivity index (χ0v) is 53.0. The van der Waals surface area contributed by atoms with Gasteiger partial charge in [0.15, 0.2) is 7.05 Å². The van der Waals surface area contributed by atoms with Crippen LogP contribution in [0.4, 0.5) is 0 Å². The highest BCUT2D eigenvalue weighted by Gasteiger charge is 2.26. The van der Waals surface area contributed by atoms with Crippen molar-refractivity contribution in [3.8, 4) is 0 Å². The van der Waals surface area contributed by atoms with E-state index in [1.807, 2.05) is 229 Å². The second-order valence-corrected chi connectivity index (χ2v) is 11.8. The predicted molar refractivity (Wildman–Crippen MR) is 401 cm³/mol. The molecule has 0 aliphatic carbocycles. The molecule has 0 bridgehead atoms. The maximum atomic E-state index is 12.9. The summed E-state index contributed by atoms with van der Waals surface area (Å²) in [5.74, 6) is 0.178. The fourth-order valence-electron chi connectivity index (χ4n) is 5.88. The zero-order valence-electron chi connectivity index (χ0n) is 53.0. The van der Waals surface area contributed by atoms with Gasteiger partial charge in [-0.25, -0.2) is 0 Å². The highest BCUT2D eigenvalue weighted by molar-refractivity contribution is 5.79. The van der Waals surface area contributed by atoms with Crippen LogP contribution < -0.4 is 5.32 Å². The van der Waals surface area contributed by atoms with Gasteiger partial charge in [0, 0.05) is 31.1 Å². The highest BCUT2D eigenvalue weighted by Crippen LogP contribution is 2.25. The van der Waals surface area contributed by atoms with Crippen molar-refractivity contribution in [1.29, 1.82) is 0 Å². The molecule has 0 unspecified atom stereocenters. The molecule has 2 atom stereocenters. The number of nitro groups is 1. The number of amides is 1. The smallest absolute Gasteiger partial charge is 0.227 e. The van der Waals surface area contributed by atoms with E-state index in [0.29, 0.717) is 12.5 Å². The van der Waals surface area contributed by atoms with Crippen molar-refractivity contribution in [1.82, 2.24) is 20.0 Å². The number of likely N-dealkylation sites (N-methyl/N-ethyl adjacent to an activating group) is 2. The fraction of sp³-hybridized carbons (Fsp3) is 0.740. The van der Waals surface area contributed by atoms with Gasteiger partial charge in [0.25, 0.3) is 0 Å². The first kappa shape index (κ1) is 147. The number of hydrogen-bond donors (Lipinski definition) is 1. The quantitative estimate of drug-likeness (QED) is 0.161. The maximum Gasteiger partial charge on any atom is 0.227 e. The van der Waals surface area contributed by atoms with Crippen LogP contribution in [0.25, 0.3) is 0 Å². The molecule has 5 rings (SSSR count). The summed E-state index contributed by atoms with van der Waals surface area (Å²) in [5, 5.41) is 12.2. The SMILES string of the molecule is C.C.C.C.C.C.C.C.C.C.C.CC.CC.CC.CC.CC.CC.CC.CC.CC.CC.CC.CC.CC.CN[C@H](CN1CCCC1)c1ccccc1.C[N+](=O)[O-].Cc1cccc([C@@H](CN2CCCC2)N(C)C(=O)Cc2ccccc2)c1. The minimum atomic E-state index is -0.500. The predicted octanol–water partition coefficient (Wildman–Crippen LogP) is 26.1. The van der Waals surface area contributed by atoms with Crippen LogP contribution >= 0.6 is 0 Å². The molecule has 8 heteroatoms. The number of likely N-dealkylation sites (tertiary alicyclic amines) is 2. The lowest BCUT2D eigenvalue weighted by Gasteiger charge is -2.32. The average Bonchev–Trinajstić information content (AvgIpc) is 4.20. The number of aryl methyl sites for hydroxylation is 1. The molecular weight excluding hydrogens is 995 g/mol. The van der Waals surface area contributed by atoms with Crippen LogP contribution in [0.5, 0.6) is 0 Å². The molecule has 508 valence electrons. The average molecular weight is 1170 g/mol. The van der Waals surface area contributed by atoms with Gasteiger partial charge in [0.2, 0.25) is 5.91 Å². The summed E-state index contributed by atoms with van der Waals surface area (Å²) in [5.41, 5.74) is 4.94. The summed E-state index contributed by atoms with van der Waals surface area (Å²) in [7, 11) is 4.89. The Morgan fingerprint density at radius 2 is 0.753 bits per heavy atom. The number of benzene rings is 3. The lowest BCUT2D eigenvalue weighted by atomic mass is 10.0. The van der Waals surface area contributed by atoms with Crippen molar-refractivity contribution in [3.63, 3.8) is 0 Å². The van der Waals surface area contributed by atoms with E-state index in [1.165, 1.54) is 55.5 Å². The van der Waals surface area contributed by atoms with Crippen molar-refractivity contribution >= 4 is 5.91 Å². The summed E-state index contributed by atoms with van der Waals surface area (Å²) >= 11 is 0. The molecule has 8 nitrogen and oxygen atoms in total. The van der Waals surface area contributed by atoms with Crippen LogP contribution in [-0.2, 0) is 11.2 Å². The van der Waals surface area contributed by atoms with E-state index in [1.54, 1.807) is 0 Å². The highest BCUT2D eigenvalue weighted by atomic mass is 16.6. The minimum absolute atomic E-state index is 0. The van der Waals surface area contributed by atoms with Crippen LogP contribution in [0.1, 0.15) is 322 Å². The second kappa shape index (κ2) is 142. The van der Waals surface area contributed by atoms with Gasteiger partial charge in [-0.2, -0.15) is 0 Å². The number of nitrogens with zero attached hydrogens (tertiary/aromatic N) is 4. The lowest BCUT2D eigenvalue weighted by Crippen LogP contribution is -2.39. The van der Waals surface area contributed by atoms with E-state index >= 15 is 0 Å². The van der Waals surface area contributed by atoms with Crippen molar-refractivity contribution < 1.29 is 9.72 Å². The molecule has 2 aliphatic heterocycles. The molecule has 0 spiro atoms. The minimum Gasteiger partial charge on any atom is -0.337 e. The van der Waals surface area contributed by atoms with Gasteiger partial charge in [-0.15, -0.1) is 0 Å². The number of rotatable bonds is 10. The van der Waals surface area contributed by atoms with E-state index in [-0.39, 0.29) is 93.6 Å². The first-order valence-corrected chi connectivity index (χ1v) is 28.9. The third-order valence-corrected chi connectivity index (χ3v) is 8.31. The molecule has 2 heterocycles. The largest absolute Gasteiger partial charge is 0.337 e. The second-order valence-electron chi connectivity index (χ2n) is 11.8. The Bertz CT molecular complexity index is 1250. The van der Waals surface area contributed by atoms with Crippen LogP contribution in [-0.4, -0.2) is 85.9 Å². The summed E-state index contributed by atoms with van der Waals surface area (Å²) in [6.45, 7) is 61.0. The molecule has 2 aliphatic rings. The first-order valence-electron chi connectivity index (χ1n) is 28.9. The summed E-state index contributed by atoms with van der Waals surface area (Å²) in [4.78, 5) is 28.2. The molecule has 1 amide bonds. The van der Waals surface area contributed by atoms with E-state index in [4.69, 9.17) is 10.1 Å². The normalized spacial score (nSPS) is 9.75. The van der Waals surface area contributed by atoms with Crippen LogP contribution in [0, 0.1) is 17.0 Å². The molecule has 3 aromatic carbocycles. The van der Waals surface area contributed by atoms with Crippen molar-refractivity contribution in [2.75, 3.05) is 60.4 Å². The monoisotopic (exact) mass is 1170 g/mol. The Hall–Kier alpha value is -3.59. The molecule has 0 aromatic heterocycles. The van der Waals surface area contributed by atoms with Gasteiger partial charge in [-0.1, -0.05) is 352 Å². The zero-order chi connectivity index (χ0) is 57.7. The van der Waals surface area contributed by atoms with Crippen LogP contribution in [0.2, 0.25) is 0 Å². The van der Waals surface area contributed by atoms with Gasteiger partial charge in [-0.3, -0.25) is 14.9 Å². The van der Waals surface area contributed by atoms with Crippen molar-refractivity contribution in [2.24, 2.45) is 0 Å². The van der Waals surface area contributed by atoms with Gasteiger partial charge in [0.1, 0.15) is 0 Å². The third kappa shape index (κ3) is 95.9. The van der Waals surface area contributed by atoms with Gasteiger partial charge in [0.05, 0.1) is 12.5 Å². The molecule has 0 saturated carbocycles. The summed E-state index contributed by atoms with van der Waals surface area (Å²) in [6.07, 6.45) is 5.72. The van der Waals surface area contributed by atoms with Gasteiger partial charge in [-0.05, 0) is 82.5 Å². The first-order chi connectivity index (χ1) is 34.3. The topological polar surface area (TPSA) is 82.0 Å². The molecule has 2 saturated heterocycles. The molecular formula is C73H173N5O3. The van der Waals surface area contributed by atoms with E-state index in [0.717, 1.165) is 38.8 Å². The van der Waals surface area contributed by atoms with Crippen LogP contribution in [0.3, 0.4) is 0 Å². The Balaban J connectivity index is -0.0000000274. The number of hydrogen-bond acceptors (Lipinski definition) is 6. The molecule has 0 radical (unpaired) electrons. The van der Waals surface area contributed by atoms with Crippen molar-refractivity contribution in [3.05, 3.63) is 117 Å². The van der Waals surface area contributed by atoms with E-state index < -0.39 is 4.92 Å². The fourth-order valence-corrected chi connectivity index (χ4v) is 5.88. The molecule has 1 N–H and O–H groups in total. The standard InChI is InChI=1S/C22H28N2O.C13H20N2.13C2H6.CH3NO2.11CH4/c1-18-9-8-12-20(15-18)21(17-24-13-6-7-14-24)23(2)22(25)16-19-10-4-3-5-11-19;1-14-13(11-15-9-5-6-10-15)12-7-3-2-4-8-12;13*1-2;1-2(3)4;;;;;;;;;;;/h3-5,8-12,15,21H,6-7,13-14,16-17H2,1-2H3;2-4,7-8,13-14H,5-6,9-11H2,1H3;13*1-2H3;1H3;11*1H4/t21-;13-;;;;;;;;;;;;;;;;;;;;;;;;;/m11........................./s1. The Morgan fingerprint density at radius 1 is 0.481 bits per heavy atom. The maximum absolute atomic E-state index is 12.9. The third-order valence-electron chi connectivity index (χ3n) is 8.31.